The van der Waals surface area contributed by atoms with Crippen molar-refractivity contribution >= 4 is 16.7 Å². The Kier molecular flexibility index (Phi) is 3.98. The van der Waals surface area contributed by atoms with E-state index >= 15 is 0 Å². The molecule has 4 heterocycles. The van der Waals surface area contributed by atoms with Crippen LogP contribution in [0.5, 0.6) is 0 Å². The molecule has 2 aliphatic heterocycles. The molecule has 2 saturated heterocycles. The maximum absolute atomic E-state index is 7.87. The van der Waals surface area contributed by atoms with Crippen LogP contribution >= 0.6 is 0 Å². The van der Waals surface area contributed by atoms with Gasteiger partial charge in [-0.05, 0) is 25.8 Å². The van der Waals surface area contributed by atoms with E-state index in [0.29, 0.717) is 12.1 Å². The highest BCUT2D eigenvalue weighted by molar-refractivity contribution is 5.81. The SMILES string of the molecule is [C-]#[N+][C@@]1(c2ccc3cnn(-c4cc(N5CCN(C6COC6)[C@@H](C)C5)ncn4)c3c2)CC12CC2. The van der Waals surface area contributed by atoms with Gasteiger partial charge in [0.05, 0.1) is 36.4 Å². The first-order valence-corrected chi connectivity index (χ1v) is 11.9. The van der Waals surface area contributed by atoms with Crippen molar-refractivity contribution in [3.05, 3.63) is 53.8 Å². The summed E-state index contributed by atoms with van der Waals surface area (Å²) in [7, 11) is 0. The largest absolute Gasteiger partial charge is 0.378 e. The predicted octanol–water partition coefficient (Wildman–Crippen LogP) is 3.02. The molecule has 0 radical (unpaired) electrons. The zero-order valence-corrected chi connectivity index (χ0v) is 18.8. The van der Waals surface area contributed by atoms with Gasteiger partial charge in [0.1, 0.15) is 12.1 Å². The summed E-state index contributed by atoms with van der Waals surface area (Å²) in [5, 5.41) is 5.71. The molecule has 1 spiro atoms. The van der Waals surface area contributed by atoms with Gasteiger partial charge in [-0.1, -0.05) is 12.1 Å². The van der Waals surface area contributed by atoms with Crippen molar-refractivity contribution in [3.63, 3.8) is 0 Å². The van der Waals surface area contributed by atoms with Crippen molar-refractivity contribution in [1.29, 1.82) is 0 Å². The molecule has 3 aromatic rings. The average molecular weight is 442 g/mol. The van der Waals surface area contributed by atoms with Crippen LogP contribution in [0.3, 0.4) is 0 Å². The van der Waals surface area contributed by atoms with E-state index in [1.165, 1.54) is 12.8 Å². The molecule has 4 fully saturated rings. The molecule has 2 aromatic heterocycles. The lowest BCUT2D eigenvalue weighted by Gasteiger charge is -2.46. The Morgan fingerprint density at radius 2 is 1.97 bits per heavy atom. The molecular weight excluding hydrogens is 414 g/mol. The Bertz CT molecular complexity index is 1290. The lowest BCUT2D eigenvalue weighted by atomic mass is 10.0. The predicted molar refractivity (Wildman–Crippen MR) is 124 cm³/mol. The van der Waals surface area contributed by atoms with Crippen LogP contribution in [-0.2, 0) is 10.3 Å². The Labute approximate surface area is 193 Å². The minimum Gasteiger partial charge on any atom is -0.378 e. The number of anilines is 1. The summed E-state index contributed by atoms with van der Waals surface area (Å²) in [6.07, 6.45) is 6.88. The van der Waals surface area contributed by atoms with Crippen LogP contribution in [-0.4, -0.2) is 69.6 Å². The number of aromatic nitrogens is 4. The van der Waals surface area contributed by atoms with Crippen molar-refractivity contribution in [1.82, 2.24) is 24.6 Å². The Morgan fingerprint density at radius 3 is 2.67 bits per heavy atom. The first-order chi connectivity index (χ1) is 16.1. The van der Waals surface area contributed by atoms with Crippen LogP contribution in [0.25, 0.3) is 21.6 Å². The number of fused-ring (bicyclic) bond motifs is 1. The fourth-order valence-electron chi connectivity index (χ4n) is 6.04. The lowest BCUT2D eigenvalue weighted by molar-refractivity contribution is -0.0793. The van der Waals surface area contributed by atoms with E-state index in [4.69, 9.17) is 11.3 Å². The van der Waals surface area contributed by atoms with Crippen LogP contribution in [0.2, 0.25) is 0 Å². The summed E-state index contributed by atoms with van der Waals surface area (Å²) in [6, 6.07) is 9.45. The van der Waals surface area contributed by atoms with Gasteiger partial charge in [0, 0.05) is 49.1 Å². The van der Waals surface area contributed by atoms with Gasteiger partial charge in [0.2, 0.25) is 0 Å². The second kappa shape index (κ2) is 6.75. The quantitative estimate of drug-likeness (QED) is 0.580. The molecule has 0 unspecified atom stereocenters. The first-order valence-electron chi connectivity index (χ1n) is 11.9. The molecule has 0 N–H and O–H groups in total. The van der Waals surface area contributed by atoms with Crippen molar-refractivity contribution in [3.8, 4) is 5.82 Å². The topological polar surface area (TPSA) is 63.7 Å². The summed E-state index contributed by atoms with van der Waals surface area (Å²) in [5.41, 5.74) is 2.06. The van der Waals surface area contributed by atoms with Crippen LogP contribution in [0, 0.1) is 12.0 Å². The molecule has 7 rings (SSSR count). The van der Waals surface area contributed by atoms with Gasteiger partial charge >= 0.3 is 0 Å². The maximum Gasteiger partial charge on any atom is 0.264 e. The van der Waals surface area contributed by atoms with E-state index in [1.807, 2.05) is 16.9 Å². The van der Waals surface area contributed by atoms with Crippen molar-refractivity contribution in [2.24, 2.45) is 5.41 Å². The van der Waals surface area contributed by atoms with Crippen molar-refractivity contribution in [2.45, 2.75) is 43.8 Å². The number of benzene rings is 1. The number of piperazine rings is 1. The molecule has 8 nitrogen and oxygen atoms in total. The molecule has 0 amide bonds. The van der Waals surface area contributed by atoms with Gasteiger partial charge in [0.25, 0.3) is 5.54 Å². The van der Waals surface area contributed by atoms with Gasteiger partial charge in [-0.3, -0.25) is 4.90 Å². The average Bonchev–Trinajstić information content (AvgIpc) is 3.68. The van der Waals surface area contributed by atoms with Gasteiger partial charge < -0.3 is 14.5 Å². The standard InChI is InChI=1S/C25H27N7O/c1-17-12-30(7-8-31(17)20-13-33-14-20)22-10-23(28-16-27-22)32-21-9-19(4-3-18(21)11-29-32)25(26-2)15-24(25)5-6-24/h3-4,9-11,16-17,20H,5-8,12-15H2,1H3/t17-,25+/m0/s1. The molecule has 0 bridgehead atoms. The Hall–Kier alpha value is -3.02. The van der Waals surface area contributed by atoms with Crippen LogP contribution in [0.4, 0.5) is 5.82 Å². The van der Waals surface area contributed by atoms with E-state index < -0.39 is 0 Å². The fraction of sp³-hybridized carbons (Fsp3) is 0.520. The molecule has 8 heteroatoms. The second-order valence-corrected chi connectivity index (χ2v) is 10.2. The number of hydrogen-bond donors (Lipinski definition) is 0. The molecule has 2 saturated carbocycles. The lowest BCUT2D eigenvalue weighted by Crippen LogP contribution is -2.60. The third-order valence-electron chi connectivity index (χ3n) is 8.39. The monoisotopic (exact) mass is 441 g/mol. The molecular formula is C25H27N7O. The highest BCUT2D eigenvalue weighted by Gasteiger charge is 2.82. The Balaban J connectivity index is 1.19. The fourth-order valence-corrected chi connectivity index (χ4v) is 6.04. The van der Waals surface area contributed by atoms with Crippen molar-refractivity contribution in [2.75, 3.05) is 37.7 Å². The van der Waals surface area contributed by atoms with Crippen LogP contribution in [0.1, 0.15) is 31.7 Å². The zero-order chi connectivity index (χ0) is 22.2. The number of ether oxygens (including phenoxy) is 1. The minimum absolute atomic E-state index is 0.250. The van der Waals surface area contributed by atoms with E-state index in [9.17, 15) is 0 Å². The third kappa shape index (κ3) is 2.79. The number of nitrogens with zero attached hydrogens (tertiary/aromatic N) is 7. The number of hydrogen-bond acceptors (Lipinski definition) is 6. The van der Waals surface area contributed by atoms with E-state index in [-0.39, 0.29) is 11.0 Å². The molecule has 168 valence electrons. The molecule has 2 aliphatic carbocycles. The summed E-state index contributed by atoms with van der Waals surface area (Å²) in [4.78, 5) is 18.1. The normalized spacial score (nSPS) is 28.6. The summed E-state index contributed by atoms with van der Waals surface area (Å²) in [6.45, 7) is 14.8. The molecule has 33 heavy (non-hydrogen) atoms. The molecule has 1 aromatic carbocycles. The summed E-state index contributed by atoms with van der Waals surface area (Å²) >= 11 is 0. The van der Waals surface area contributed by atoms with Crippen LogP contribution in [0.15, 0.2) is 36.8 Å². The molecule has 2 atom stereocenters. The molecule has 4 aliphatic rings. The highest BCUT2D eigenvalue weighted by atomic mass is 16.5. The summed E-state index contributed by atoms with van der Waals surface area (Å²) < 4.78 is 7.29. The smallest absolute Gasteiger partial charge is 0.264 e. The minimum atomic E-state index is -0.325. The van der Waals surface area contributed by atoms with Gasteiger partial charge in [-0.15, -0.1) is 0 Å². The van der Waals surface area contributed by atoms with E-state index in [2.05, 4.69) is 54.8 Å². The van der Waals surface area contributed by atoms with E-state index in [1.54, 1.807) is 6.33 Å². The summed E-state index contributed by atoms with van der Waals surface area (Å²) in [5.74, 6) is 1.70. The van der Waals surface area contributed by atoms with Gasteiger partial charge in [-0.25, -0.2) is 21.2 Å². The van der Waals surface area contributed by atoms with Crippen molar-refractivity contribution < 1.29 is 4.74 Å². The van der Waals surface area contributed by atoms with Gasteiger partial charge in [-0.2, -0.15) is 5.10 Å². The maximum atomic E-state index is 7.87. The number of rotatable bonds is 4. The third-order valence-corrected chi connectivity index (χ3v) is 8.39. The van der Waals surface area contributed by atoms with Crippen LogP contribution < -0.4 is 4.90 Å². The van der Waals surface area contributed by atoms with E-state index in [0.717, 1.165) is 67.4 Å². The highest BCUT2D eigenvalue weighted by Crippen LogP contribution is 2.79. The first kappa shape index (κ1) is 19.4. The zero-order valence-electron chi connectivity index (χ0n) is 18.8. The van der Waals surface area contributed by atoms with Gasteiger partial charge in [0.15, 0.2) is 5.82 Å². The Morgan fingerprint density at radius 1 is 1.12 bits per heavy atom. The second-order valence-electron chi connectivity index (χ2n) is 10.2.